The van der Waals surface area contributed by atoms with E-state index in [9.17, 15) is 10.1 Å². The van der Waals surface area contributed by atoms with Crippen molar-refractivity contribution in [3.05, 3.63) is 52.1 Å². The Morgan fingerprint density at radius 2 is 2.10 bits per heavy atom. The molecule has 0 bridgehead atoms. The fraction of sp³-hybridized carbons (Fsp3) is 0.385. The summed E-state index contributed by atoms with van der Waals surface area (Å²) in [5, 5.41) is 22.0. The molecule has 0 saturated carbocycles. The lowest BCUT2D eigenvalue weighted by Crippen LogP contribution is -2.24. The lowest BCUT2D eigenvalue weighted by molar-refractivity contribution is -0.384. The van der Waals surface area contributed by atoms with Crippen molar-refractivity contribution < 1.29 is 4.92 Å². The highest BCUT2D eigenvalue weighted by Gasteiger charge is 2.16. The third-order valence-corrected chi connectivity index (χ3v) is 3.21. The highest BCUT2D eigenvalue weighted by Crippen LogP contribution is 2.21. The SMILES string of the molecule is CC(NC(C)c1nncn1C)c1cccc([N+](=O)[O-])c1. The zero-order chi connectivity index (χ0) is 14.7. The maximum Gasteiger partial charge on any atom is 0.269 e. The molecular weight excluding hydrogens is 258 g/mol. The van der Waals surface area contributed by atoms with E-state index in [0.29, 0.717) is 0 Å². The molecule has 2 rings (SSSR count). The highest BCUT2D eigenvalue weighted by molar-refractivity contribution is 5.35. The monoisotopic (exact) mass is 275 g/mol. The van der Waals surface area contributed by atoms with Crippen LogP contribution in [0, 0.1) is 10.1 Å². The van der Waals surface area contributed by atoms with Crippen molar-refractivity contribution in [2.45, 2.75) is 25.9 Å². The summed E-state index contributed by atoms with van der Waals surface area (Å²) in [4.78, 5) is 10.4. The second-order valence-corrected chi connectivity index (χ2v) is 4.76. The van der Waals surface area contributed by atoms with E-state index in [1.807, 2.05) is 31.5 Å². The van der Waals surface area contributed by atoms with Gasteiger partial charge in [-0.2, -0.15) is 0 Å². The van der Waals surface area contributed by atoms with Crippen LogP contribution in [0.25, 0.3) is 0 Å². The normalized spacial score (nSPS) is 13.9. The second-order valence-electron chi connectivity index (χ2n) is 4.76. The molecule has 7 nitrogen and oxygen atoms in total. The van der Waals surface area contributed by atoms with Gasteiger partial charge in [-0.1, -0.05) is 12.1 Å². The van der Waals surface area contributed by atoms with E-state index in [4.69, 9.17) is 0 Å². The van der Waals surface area contributed by atoms with Crippen molar-refractivity contribution in [3.63, 3.8) is 0 Å². The molecule has 2 unspecified atom stereocenters. The molecule has 0 aliphatic heterocycles. The summed E-state index contributed by atoms with van der Waals surface area (Å²) in [5.41, 5.74) is 0.968. The molecule has 0 saturated heterocycles. The average Bonchev–Trinajstić information content (AvgIpc) is 2.85. The number of aryl methyl sites for hydroxylation is 1. The molecule has 0 radical (unpaired) electrons. The second kappa shape index (κ2) is 5.79. The van der Waals surface area contributed by atoms with E-state index in [-0.39, 0.29) is 22.7 Å². The number of hydrogen-bond donors (Lipinski definition) is 1. The van der Waals surface area contributed by atoms with Gasteiger partial charge in [0.15, 0.2) is 0 Å². The number of hydrogen-bond acceptors (Lipinski definition) is 5. The first-order chi connectivity index (χ1) is 9.49. The number of nitrogens with zero attached hydrogens (tertiary/aromatic N) is 4. The van der Waals surface area contributed by atoms with E-state index >= 15 is 0 Å². The molecule has 2 atom stereocenters. The molecule has 0 aliphatic rings. The predicted molar refractivity (Wildman–Crippen MR) is 74.1 cm³/mol. The number of nitro benzene ring substituents is 1. The van der Waals surface area contributed by atoms with Gasteiger partial charge in [0, 0.05) is 25.2 Å². The highest BCUT2D eigenvalue weighted by atomic mass is 16.6. The molecule has 0 aliphatic carbocycles. The quantitative estimate of drug-likeness (QED) is 0.667. The van der Waals surface area contributed by atoms with Crippen molar-refractivity contribution in [1.82, 2.24) is 20.1 Å². The summed E-state index contributed by atoms with van der Waals surface area (Å²) in [6.45, 7) is 3.95. The summed E-state index contributed by atoms with van der Waals surface area (Å²) in [7, 11) is 1.88. The van der Waals surface area contributed by atoms with Crippen LogP contribution in [0.2, 0.25) is 0 Å². The van der Waals surface area contributed by atoms with Crippen LogP contribution in [-0.4, -0.2) is 19.7 Å². The van der Waals surface area contributed by atoms with Crippen LogP contribution in [0.5, 0.6) is 0 Å². The molecule has 0 fully saturated rings. The van der Waals surface area contributed by atoms with Gasteiger partial charge in [-0.15, -0.1) is 10.2 Å². The first kappa shape index (κ1) is 14.1. The van der Waals surface area contributed by atoms with Gasteiger partial charge in [-0.3, -0.25) is 10.1 Å². The molecule has 1 N–H and O–H groups in total. The van der Waals surface area contributed by atoms with Crippen LogP contribution in [0.1, 0.15) is 37.3 Å². The number of non-ortho nitro benzene ring substituents is 1. The standard InChI is InChI=1S/C13H17N5O2/c1-9(11-5-4-6-12(7-11)18(19)20)15-10(2)13-16-14-8-17(13)3/h4-10,15H,1-3H3. The Hall–Kier alpha value is -2.28. The fourth-order valence-electron chi connectivity index (χ4n) is 2.14. The van der Waals surface area contributed by atoms with E-state index in [0.717, 1.165) is 11.4 Å². The topological polar surface area (TPSA) is 85.9 Å². The minimum absolute atomic E-state index is 0.00300. The van der Waals surface area contributed by atoms with Gasteiger partial charge < -0.3 is 9.88 Å². The van der Waals surface area contributed by atoms with Crippen LogP contribution in [0.4, 0.5) is 5.69 Å². The first-order valence-electron chi connectivity index (χ1n) is 6.33. The van der Waals surface area contributed by atoms with Gasteiger partial charge in [0.25, 0.3) is 5.69 Å². The number of nitro groups is 1. The molecular formula is C13H17N5O2. The van der Waals surface area contributed by atoms with Crippen LogP contribution in [-0.2, 0) is 7.05 Å². The zero-order valence-corrected chi connectivity index (χ0v) is 11.6. The van der Waals surface area contributed by atoms with Crippen molar-refractivity contribution in [3.8, 4) is 0 Å². The molecule has 7 heteroatoms. The van der Waals surface area contributed by atoms with E-state index < -0.39 is 0 Å². The Kier molecular flexibility index (Phi) is 4.09. The van der Waals surface area contributed by atoms with Gasteiger partial charge in [-0.25, -0.2) is 0 Å². The van der Waals surface area contributed by atoms with Crippen molar-refractivity contribution in [1.29, 1.82) is 0 Å². The Morgan fingerprint density at radius 3 is 2.70 bits per heavy atom. The minimum Gasteiger partial charge on any atom is -0.319 e. The summed E-state index contributed by atoms with van der Waals surface area (Å²) in [6, 6.07) is 6.61. The van der Waals surface area contributed by atoms with E-state index in [1.165, 1.54) is 6.07 Å². The van der Waals surface area contributed by atoms with Crippen molar-refractivity contribution >= 4 is 5.69 Å². The molecule has 106 valence electrons. The predicted octanol–water partition coefficient (Wildman–Crippen LogP) is 2.14. The van der Waals surface area contributed by atoms with Crippen LogP contribution in [0.15, 0.2) is 30.6 Å². The van der Waals surface area contributed by atoms with Crippen molar-refractivity contribution in [2.75, 3.05) is 0 Å². The van der Waals surface area contributed by atoms with Crippen molar-refractivity contribution in [2.24, 2.45) is 7.05 Å². The average molecular weight is 275 g/mol. The van der Waals surface area contributed by atoms with Gasteiger partial charge in [-0.05, 0) is 19.4 Å². The van der Waals surface area contributed by atoms with Gasteiger partial charge >= 0.3 is 0 Å². The molecule has 2 aromatic rings. The number of rotatable bonds is 5. The van der Waals surface area contributed by atoms with Gasteiger partial charge in [0.1, 0.15) is 12.2 Å². The van der Waals surface area contributed by atoms with Crippen LogP contribution in [0.3, 0.4) is 0 Å². The number of aromatic nitrogens is 3. The van der Waals surface area contributed by atoms with E-state index in [2.05, 4.69) is 15.5 Å². The smallest absolute Gasteiger partial charge is 0.269 e. The van der Waals surface area contributed by atoms with Gasteiger partial charge in [0.2, 0.25) is 0 Å². The zero-order valence-electron chi connectivity index (χ0n) is 11.6. The number of benzene rings is 1. The Balaban J connectivity index is 2.12. The fourth-order valence-corrected chi connectivity index (χ4v) is 2.14. The maximum absolute atomic E-state index is 10.8. The summed E-state index contributed by atoms with van der Waals surface area (Å²) < 4.78 is 1.85. The van der Waals surface area contributed by atoms with E-state index in [1.54, 1.807) is 18.5 Å². The Labute approximate surface area is 116 Å². The first-order valence-corrected chi connectivity index (χ1v) is 6.33. The summed E-state index contributed by atoms with van der Waals surface area (Å²) in [5.74, 6) is 0.822. The lowest BCUT2D eigenvalue weighted by atomic mass is 10.1. The van der Waals surface area contributed by atoms with Gasteiger partial charge in [0.05, 0.1) is 11.0 Å². The maximum atomic E-state index is 10.8. The molecule has 20 heavy (non-hydrogen) atoms. The molecule has 1 heterocycles. The Morgan fingerprint density at radius 1 is 1.35 bits per heavy atom. The minimum atomic E-state index is -0.387. The van der Waals surface area contributed by atoms with Crippen LogP contribution >= 0.6 is 0 Å². The number of nitrogens with one attached hydrogen (secondary N) is 1. The molecule has 1 aromatic carbocycles. The molecule has 0 amide bonds. The third-order valence-electron chi connectivity index (χ3n) is 3.21. The summed E-state index contributed by atoms with van der Waals surface area (Å²) >= 11 is 0. The molecule has 1 aromatic heterocycles. The lowest BCUT2D eigenvalue weighted by Gasteiger charge is -2.19. The third kappa shape index (κ3) is 3.00. The van der Waals surface area contributed by atoms with Crippen LogP contribution < -0.4 is 5.32 Å². The largest absolute Gasteiger partial charge is 0.319 e. The summed E-state index contributed by atoms with van der Waals surface area (Å²) in [6.07, 6.45) is 1.64. The molecule has 0 spiro atoms. The Bertz CT molecular complexity index is 610.